The molecule has 12 heteroatoms. The summed E-state index contributed by atoms with van der Waals surface area (Å²) in [6.07, 6.45) is -1.64. The molecular weight excluding hydrogens is 679 g/mol. The van der Waals surface area contributed by atoms with E-state index < -0.39 is 58.5 Å². The molecule has 0 unspecified atom stereocenters. The highest BCUT2D eigenvalue weighted by atomic mass is 32.2. The highest BCUT2D eigenvalue weighted by Crippen LogP contribution is 2.40. The lowest BCUT2D eigenvalue weighted by Crippen LogP contribution is -2.61. The van der Waals surface area contributed by atoms with E-state index in [1.165, 1.54) is 16.7 Å². The predicted molar refractivity (Wildman–Crippen MR) is 203 cm³/mol. The van der Waals surface area contributed by atoms with E-state index in [-0.39, 0.29) is 31.3 Å². The number of hydrogen-bond acceptors (Lipinski definition) is 7. The average Bonchev–Trinajstić information content (AvgIpc) is 3.43. The van der Waals surface area contributed by atoms with Crippen molar-refractivity contribution in [3.8, 4) is 0 Å². The Morgan fingerprint density at radius 2 is 1.42 bits per heavy atom. The fourth-order valence-corrected chi connectivity index (χ4v) is 7.48. The molecule has 0 bridgehead atoms. The van der Waals surface area contributed by atoms with Gasteiger partial charge in [0.15, 0.2) is 6.10 Å². The smallest absolute Gasteiger partial charge is 0.309 e. The van der Waals surface area contributed by atoms with Crippen LogP contribution in [0.2, 0.25) is 0 Å². The van der Waals surface area contributed by atoms with Crippen LogP contribution in [0.4, 0.5) is 0 Å². The van der Waals surface area contributed by atoms with Crippen LogP contribution < -0.4 is 21.3 Å². The number of carbonyl (C=O) groups excluding carboxylic acids is 5. The topological polar surface area (TPSA) is 157 Å². The molecule has 1 saturated heterocycles. The number of carbonyl (C=O) groups is 5. The van der Waals surface area contributed by atoms with E-state index in [0.29, 0.717) is 0 Å². The molecule has 11 nitrogen and oxygen atoms in total. The first-order valence-electron chi connectivity index (χ1n) is 17.5. The van der Waals surface area contributed by atoms with Crippen molar-refractivity contribution in [2.75, 3.05) is 5.88 Å². The standard InChI is InChI=1S/C40H51N5O6S/c1-24(2)32(44-38(50)37(49)41-21-29-19-12-11-14-25(29)3)35(47)43-31(20-28-17-9-8-10-18-28)33(46)39(51)45-23-52-40(6,7)34(45)36(48)42-22-30-26(4)15-13-16-27(30)5/h8-19,24,31-34,46H,20-23H2,1-7H3,(H,41,49)(H,42,48)(H,43,47)(H,44,50)/t31-,32-,33-,34+/m0/s1. The monoisotopic (exact) mass is 729 g/mol. The maximum Gasteiger partial charge on any atom is 0.309 e. The zero-order chi connectivity index (χ0) is 38.2. The van der Waals surface area contributed by atoms with E-state index in [2.05, 4.69) is 21.3 Å². The summed E-state index contributed by atoms with van der Waals surface area (Å²) in [6, 6.07) is 19.3. The second-order valence-electron chi connectivity index (χ2n) is 14.2. The lowest BCUT2D eigenvalue weighted by molar-refractivity contribution is -0.148. The van der Waals surface area contributed by atoms with Crippen molar-refractivity contribution >= 4 is 41.3 Å². The minimum absolute atomic E-state index is 0.0863. The fourth-order valence-electron chi connectivity index (χ4n) is 6.34. The molecule has 4 rings (SSSR count). The average molecular weight is 730 g/mol. The molecule has 0 aromatic heterocycles. The molecule has 1 fully saturated rings. The zero-order valence-corrected chi connectivity index (χ0v) is 31.8. The van der Waals surface area contributed by atoms with Crippen molar-refractivity contribution in [3.63, 3.8) is 0 Å². The Hall–Kier alpha value is -4.68. The normalized spacial score (nSPS) is 16.8. The molecule has 5 amide bonds. The highest BCUT2D eigenvalue weighted by Gasteiger charge is 2.50. The van der Waals surface area contributed by atoms with Crippen molar-refractivity contribution in [2.24, 2.45) is 5.92 Å². The molecule has 1 heterocycles. The fraction of sp³-hybridized carbons (Fsp3) is 0.425. The van der Waals surface area contributed by atoms with E-state index in [1.807, 2.05) is 107 Å². The maximum absolute atomic E-state index is 14.1. The molecule has 3 aromatic carbocycles. The van der Waals surface area contributed by atoms with Gasteiger partial charge in [-0.25, -0.2) is 0 Å². The summed E-state index contributed by atoms with van der Waals surface area (Å²) in [4.78, 5) is 68.8. The Bertz CT molecular complexity index is 1740. The van der Waals surface area contributed by atoms with Gasteiger partial charge in [-0.3, -0.25) is 24.0 Å². The molecule has 5 N–H and O–H groups in total. The zero-order valence-electron chi connectivity index (χ0n) is 31.0. The van der Waals surface area contributed by atoms with Crippen molar-refractivity contribution in [1.82, 2.24) is 26.2 Å². The van der Waals surface area contributed by atoms with Gasteiger partial charge in [-0.15, -0.1) is 11.8 Å². The Balaban J connectivity index is 1.50. The summed E-state index contributed by atoms with van der Waals surface area (Å²) < 4.78 is -0.661. The molecule has 3 aromatic rings. The number of benzene rings is 3. The number of aliphatic hydroxyl groups is 1. The van der Waals surface area contributed by atoms with Crippen LogP contribution in [0, 0.1) is 26.7 Å². The molecule has 278 valence electrons. The van der Waals surface area contributed by atoms with Crippen molar-refractivity contribution in [2.45, 2.75) is 97.0 Å². The number of nitrogens with one attached hydrogen (secondary N) is 4. The van der Waals surface area contributed by atoms with Crippen LogP contribution in [0.1, 0.15) is 61.1 Å². The summed E-state index contributed by atoms with van der Waals surface area (Å²) in [5.74, 6) is -3.87. The number of hydrogen-bond donors (Lipinski definition) is 5. The Labute approximate surface area is 310 Å². The van der Waals surface area contributed by atoms with Gasteiger partial charge >= 0.3 is 11.8 Å². The van der Waals surface area contributed by atoms with Gasteiger partial charge in [0.05, 0.1) is 11.9 Å². The molecule has 0 aliphatic carbocycles. The minimum Gasteiger partial charge on any atom is -0.381 e. The first kappa shape index (κ1) is 40.1. The first-order valence-corrected chi connectivity index (χ1v) is 18.5. The van der Waals surface area contributed by atoms with Crippen molar-refractivity contribution in [3.05, 3.63) is 106 Å². The summed E-state index contributed by atoms with van der Waals surface area (Å²) in [6.45, 7) is 13.5. The van der Waals surface area contributed by atoms with Crippen LogP contribution in [0.3, 0.4) is 0 Å². The number of aryl methyl sites for hydroxylation is 3. The third-order valence-corrected chi connectivity index (χ3v) is 10.9. The number of nitrogens with zero attached hydrogens (tertiary/aromatic N) is 1. The summed E-state index contributed by atoms with van der Waals surface area (Å²) in [5.41, 5.74) is 5.65. The van der Waals surface area contributed by atoms with Gasteiger partial charge in [-0.2, -0.15) is 0 Å². The minimum atomic E-state index is -1.73. The third kappa shape index (κ3) is 10.0. The number of thioether (sulfide) groups is 1. The molecule has 52 heavy (non-hydrogen) atoms. The Morgan fingerprint density at radius 3 is 2.06 bits per heavy atom. The van der Waals surface area contributed by atoms with Crippen LogP contribution >= 0.6 is 11.8 Å². The van der Waals surface area contributed by atoms with Crippen LogP contribution in [-0.2, 0) is 43.5 Å². The summed E-state index contributed by atoms with van der Waals surface area (Å²) in [5, 5.41) is 22.6. The molecule has 1 aliphatic rings. The molecule has 4 atom stereocenters. The van der Waals surface area contributed by atoms with Crippen LogP contribution in [0.15, 0.2) is 72.8 Å². The summed E-state index contributed by atoms with van der Waals surface area (Å²) >= 11 is 1.43. The van der Waals surface area contributed by atoms with Crippen LogP contribution in [0.5, 0.6) is 0 Å². The number of rotatable bonds is 13. The quantitative estimate of drug-likeness (QED) is 0.169. The van der Waals surface area contributed by atoms with Gasteiger partial charge < -0.3 is 31.3 Å². The largest absolute Gasteiger partial charge is 0.381 e. The highest BCUT2D eigenvalue weighted by molar-refractivity contribution is 8.00. The first-order chi connectivity index (χ1) is 24.6. The molecule has 1 aliphatic heterocycles. The van der Waals surface area contributed by atoms with Gasteiger partial charge in [0, 0.05) is 17.8 Å². The molecule has 0 radical (unpaired) electrons. The second kappa shape index (κ2) is 17.7. The van der Waals surface area contributed by atoms with Gasteiger partial charge in [0.1, 0.15) is 12.1 Å². The van der Waals surface area contributed by atoms with E-state index in [1.54, 1.807) is 13.8 Å². The van der Waals surface area contributed by atoms with Crippen molar-refractivity contribution < 1.29 is 29.1 Å². The Morgan fingerprint density at radius 1 is 0.808 bits per heavy atom. The molecule has 0 saturated carbocycles. The number of amides is 5. The van der Waals surface area contributed by atoms with E-state index >= 15 is 0 Å². The van der Waals surface area contributed by atoms with Crippen LogP contribution in [-0.4, -0.2) is 74.4 Å². The van der Waals surface area contributed by atoms with E-state index in [0.717, 1.165) is 33.4 Å². The molecule has 0 spiro atoms. The maximum atomic E-state index is 14.1. The van der Waals surface area contributed by atoms with Crippen LogP contribution in [0.25, 0.3) is 0 Å². The lowest BCUT2D eigenvalue weighted by Gasteiger charge is -2.34. The SMILES string of the molecule is Cc1ccccc1CNC(=O)C(=O)N[C@H](C(=O)N[C@@H](Cc1ccccc1)[C@H](O)C(=O)N1CSC(C)(C)[C@H]1C(=O)NCc1c(C)cccc1C)C(C)C. The predicted octanol–water partition coefficient (Wildman–Crippen LogP) is 3.45. The van der Waals surface area contributed by atoms with E-state index in [9.17, 15) is 29.1 Å². The van der Waals surface area contributed by atoms with Crippen molar-refractivity contribution in [1.29, 1.82) is 0 Å². The lowest BCUT2D eigenvalue weighted by atomic mass is 9.96. The second-order valence-corrected chi connectivity index (χ2v) is 15.8. The number of aliphatic hydroxyl groups excluding tert-OH is 1. The third-order valence-electron chi connectivity index (χ3n) is 9.56. The van der Waals surface area contributed by atoms with Gasteiger partial charge in [0.25, 0.3) is 5.91 Å². The summed E-state index contributed by atoms with van der Waals surface area (Å²) in [7, 11) is 0. The van der Waals surface area contributed by atoms with E-state index in [4.69, 9.17) is 0 Å². The Kier molecular flexibility index (Phi) is 13.6. The van der Waals surface area contributed by atoms with Gasteiger partial charge in [0.2, 0.25) is 11.8 Å². The molecular formula is C40H51N5O6S. The van der Waals surface area contributed by atoms with Gasteiger partial charge in [-0.1, -0.05) is 86.6 Å². The van der Waals surface area contributed by atoms with Gasteiger partial charge in [-0.05, 0) is 80.3 Å².